The highest BCUT2D eigenvalue weighted by molar-refractivity contribution is 5.98. The second-order valence-electron chi connectivity index (χ2n) is 3.75. The van der Waals surface area contributed by atoms with Crippen LogP contribution in [0.15, 0.2) is 30.7 Å². The van der Waals surface area contributed by atoms with Crippen LogP contribution < -0.4 is 16.6 Å². The monoisotopic (exact) mass is 246 g/mol. The Labute approximate surface area is 104 Å². The van der Waals surface area contributed by atoms with Gasteiger partial charge in [-0.15, -0.1) is 0 Å². The van der Waals surface area contributed by atoms with E-state index in [1.165, 1.54) is 0 Å². The van der Waals surface area contributed by atoms with E-state index in [4.69, 9.17) is 5.84 Å². The predicted molar refractivity (Wildman–Crippen MR) is 66.4 cm³/mol. The Balaban J connectivity index is 2.03. The third kappa shape index (κ3) is 2.64. The zero-order chi connectivity index (χ0) is 13.0. The van der Waals surface area contributed by atoms with Gasteiger partial charge in [0.15, 0.2) is 5.82 Å². The molecular formula is C11H14N6O. The molecule has 94 valence electrons. The fourth-order valence-corrected chi connectivity index (χ4v) is 1.54. The van der Waals surface area contributed by atoms with E-state index < -0.39 is 0 Å². The van der Waals surface area contributed by atoms with Crippen molar-refractivity contribution < 1.29 is 4.79 Å². The molecule has 2 aromatic rings. The average molecular weight is 246 g/mol. The second-order valence-corrected chi connectivity index (χ2v) is 3.75. The molecule has 18 heavy (non-hydrogen) atoms. The number of hydrazine groups is 1. The molecule has 2 heterocycles. The number of hydrogen-bond donors (Lipinski definition) is 3. The Hall–Kier alpha value is -2.41. The number of pyridine rings is 1. The first-order chi connectivity index (χ1) is 8.70. The number of anilines is 1. The van der Waals surface area contributed by atoms with Crippen molar-refractivity contribution in [2.24, 2.45) is 12.9 Å². The Bertz CT molecular complexity index is 550. The largest absolute Gasteiger partial charge is 0.348 e. The van der Waals surface area contributed by atoms with Crippen LogP contribution >= 0.6 is 0 Å². The van der Waals surface area contributed by atoms with E-state index in [1.54, 1.807) is 29.2 Å². The minimum Gasteiger partial charge on any atom is -0.348 e. The molecule has 2 rings (SSSR count). The molecule has 7 nitrogen and oxygen atoms in total. The third-order valence-electron chi connectivity index (χ3n) is 2.40. The topological polar surface area (TPSA) is 97.9 Å². The summed E-state index contributed by atoms with van der Waals surface area (Å²) in [5.74, 6) is 5.41. The first kappa shape index (κ1) is 12.1. The molecule has 0 bridgehead atoms. The zero-order valence-corrected chi connectivity index (χ0v) is 9.92. The number of nitrogens with one attached hydrogen (secondary N) is 2. The number of carbonyl (C=O) groups excluding carboxylic acids is 1. The number of rotatable bonds is 4. The van der Waals surface area contributed by atoms with Gasteiger partial charge in [-0.2, -0.15) is 5.10 Å². The van der Waals surface area contributed by atoms with Gasteiger partial charge in [0.05, 0.1) is 11.8 Å². The molecule has 0 aliphatic rings. The molecule has 0 spiro atoms. The number of nitrogens with zero attached hydrogens (tertiary/aromatic N) is 3. The fraction of sp³-hybridized carbons (Fsp3) is 0.182. The van der Waals surface area contributed by atoms with Gasteiger partial charge in [0, 0.05) is 31.5 Å². The summed E-state index contributed by atoms with van der Waals surface area (Å²) < 4.78 is 1.68. The zero-order valence-electron chi connectivity index (χ0n) is 9.92. The quantitative estimate of drug-likeness (QED) is 0.522. The summed E-state index contributed by atoms with van der Waals surface area (Å²) >= 11 is 0. The molecule has 1 amide bonds. The highest BCUT2D eigenvalue weighted by atomic mass is 16.1. The van der Waals surface area contributed by atoms with Gasteiger partial charge in [0.2, 0.25) is 0 Å². The predicted octanol–water partition coefficient (Wildman–Crippen LogP) is 0.0307. The van der Waals surface area contributed by atoms with Crippen LogP contribution in [-0.2, 0) is 13.6 Å². The number of aromatic nitrogens is 3. The Morgan fingerprint density at radius 2 is 2.39 bits per heavy atom. The van der Waals surface area contributed by atoms with Gasteiger partial charge >= 0.3 is 0 Å². The average Bonchev–Trinajstić information content (AvgIpc) is 2.81. The number of nitrogens with two attached hydrogens (primary N) is 1. The van der Waals surface area contributed by atoms with Crippen LogP contribution in [0.4, 0.5) is 5.82 Å². The van der Waals surface area contributed by atoms with Gasteiger partial charge < -0.3 is 10.7 Å². The van der Waals surface area contributed by atoms with E-state index in [2.05, 4.69) is 20.8 Å². The van der Waals surface area contributed by atoms with E-state index in [9.17, 15) is 4.79 Å². The second kappa shape index (κ2) is 5.28. The fourth-order valence-electron chi connectivity index (χ4n) is 1.54. The molecule has 0 radical (unpaired) electrons. The molecule has 0 saturated heterocycles. The molecule has 0 fully saturated rings. The molecule has 0 aliphatic heterocycles. The van der Waals surface area contributed by atoms with E-state index >= 15 is 0 Å². The number of hydrogen-bond acceptors (Lipinski definition) is 5. The van der Waals surface area contributed by atoms with Crippen molar-refractivity contribution in [3.8, 4) is 0 Å². The normalized spacial score (nSPS) is 10.1. The van der Waals surface area contributed by atoms with Crippen molar-refractivity contribution in [3.05, 3.63) is 41.9 Å². The van der Waals surface area contributed by atoms with Crippen LogP contribution in [0.1, 0.15) is 15.9 Å². The first-order valence-corrected chi connectivity index (χ1v) is 5.38. The molecule has 2 aromatic heterocycles. The minimum atomic E-state index is -0.236. The summed E-state index contributed by atoms with van der Waals surface area (Å²) in [4.78, 5) is 15.9. The van der Waals surface area contributed by atoms with Gasteiger partial charge in [-0.1, -0.05) is 0 Å². The lowest BCUT2D eigenvalue weighted by atomic mass is 10.2. The SMILES string of the molecule is Cn1cc(CNC(=O)c2cccnc2NN)cn1. The molecular weight excluding hydrogens is 232 g/mol. The number of aryl methyl sites for hydroxylation is 1. The van der Waals surface area contributed by atoms with Crippen molar-refractivity contribution in [2.45, 2.75) is 6.54 Å². The summed E-state index contributed by atoms with van der Waals surface area (Å²) in [6.07, 6.45) is 5.10. The lowest BCUT2D eigenvalue weighted by molar-refractivity contribution is 0.0951. The van der Waals surface area contributed by atoms with Crippen molar-refractivity contribution in [3.63, 3.8) is 0 Å². The van der Waals surface area contributed by atoms with Crippen molar-refractivity contribution in [2.75, 3.05) is 5.43 Å². The van der Waals surface area contributed by atoms with Crippen molar-refractivity contribution >= 4 is 11.7 Å². The van der Waals surface area contributed by atoms with Gasteiger partial charge in [-0.3, -0.25) is 9.48 Å². The summed E-state index contributed by atoms with van der Waals surface area (Å²) in [7, 11) is 1.82. The molecule has 0 aliphatic carbocycles. The molecule has 0 atom stereocenters. The van der Waals surface area contributed by atoms with E-state index in [0.29, 0.717) is 17.9 Å². The number of carbonyl (C=O) groups is 1. The van der Waals surface area contributed by atoms with Crippen molar-refractivity contribution in [1.82, 2.24) is 20.1 Å². The Kier molecular flexibility index (Phi) is 3.54. The molecule has 0 saturated carbocycles. The molecule has 7 heteroatoms. The van der Waals surface area contributed by atoms with Gasteiger partial charge in [0.1, 0.15) is 0 Å². The lowest BCUT2D eigenvalue weighted by Crippen LogP contribution is -2.25. The van der Waals surface area contributed by atoms with Gasteiger partial charge in [-0.05, 0) is 12.1 Å². The van der Waals surface area contributed by atoms with E-state index in [1.807, 2.05) is 13.2 Å². The number of amides is 1. The summed E-state index contributed by atoms with van der Waals surface area (Å²) in [5.41, 5.74) is 3.72. The highest BCUT2D eigenvalue weighted by Crippen LogP contribution is 2.09. The van der Waals surface area contributed by atoms with Gasteiger partial charge in [-0.25, -0.2) is 10.8 Å². The summed E-state index contributed by atoms with van der Waals surface area (Å²) in [6.45, 7) is 0.408. The number of nitrogen functional groups attached to an aromatic ring is 1. The standard InChI is InChI=1S/C11H14N6O/c1-17-7-8(6-15-17)5-14-11(18)9-3-2-4-13-10(9)16-12/h2-4,6-7H,5,12H2,1H3,(H,13,16)(H,14,18). The summed E-state index contributed by atoms with van der Waals surface area (Å²) in [6, 6.07) is 3.33. The minimum absolute atomic E-state index is 0.236. The van der Waals surface area contributed by atoms with Crippen LogP contribution in [-0.4, -0.2) is 20.7 Å². The third-order valence-corrected chi connectivity index (χ3v) is 2.40. The van der Waals surface area contributed by atoms with Crippen LogP contribution in [0.5, 0.6) is 0 Å². The summed E-state index contributed by atoms with van der Waals surface area (Å²) in [5, 5.41) is 6.80. The van der Waals surface area contributed by atoms with Crippen LogP contribution in [0.3, 0.4) is 0 Å². The van der Waals surface area contributed by atoms with Gasteiger partial charge in [0.25, 0.3) is 5.91 Å². The van der Waals surface area contributed by atoms with E-state index in [0.717, 1.165) is 5.56 Å². The maximum atomic E-state index is 11.9. The Morgan fingerprint density at radius 3 is 3.06 bits per heavy atom. The Morgan fingerprint density at radius 1 is 1.56 bits per heavy atom. The molecule has 4 N–H and O–H groups in total. The van der Waals surface area contributed by atoms with Crippen molar-refractivity contribution in [1.29, 1.82) is 0 Å². The maximum Gasteiger partial charge on any atom is 0.255 e. The molecule has 0 unspecified atom stereocenters. The smallest absolute Gasteiger partial charge is 0.255 e. The van der Waals surface area contributed by atoms with Crippen LogP contribution in [0.25, 0.3) is 0 Å². The lowest BCUT2D eigenvalue weighted by Gasteiger charge is -2.07. The maximum absolute atomic E-state index is 11.9. The first-order valence-electron chi connectivity index (χ1n) is 5.38. The van der Waals surface area contributed by atoms with Crippen LogP contribution in [0.2, 0.25) is 0 Å². The van der Waals surface area contributed by atoms with E-state index in [-0.39, 0.29) is 5.91 Å². The highest BCUT2D eigenvalue weighted by Gasteiger charge is 2.11. The van der Waals surface area contributed by atoms with Crippen LogP contribution in [0, 0.1) is 0 Å². The molecule has 0 aromatic carbocycles.